The minimum Gasteiger partial charge on any atom is -0.490 e. The Morgan fingerprint density at radius 1 is 1.44 bits per heavy atom. The summed E-state index contributed by atoms with van der Waals surface area (Å²) in [4.78, 5) is 10.7. The summed E-state index contributed by atoms with van der Waals surface area (Å²) in [5.41, 5.74) is 5.78. The minimum absolute atomic E-state index is 0.0665. The van der Waals surface area contributed by atoms with E-state index >= 15 is 0 Å². The van der Waals surface area contributed by atoms with Crippen molar-refractivity contribution in [2.45, 2.75) is 18.9 Å². The summed E-state index contributed by atoms with van der Waals surface area (Å²) in [5.74, 6) is -1.03. The number of fused-ring (bicyclic) bond motifs is 1. The van der Waals surface area contributed by atoms with E-state index in [4.69, 9.17) is 20.3 Å². The number of carbonyl (C=O) groups is 1. The first-order valence-corrected chi connectivity index (χ1v) is 5.65. The van der Waals surface area contributed by atoms with E-state index < -0.39 is 17.8 Å². The van der Waals surface area contributed by atoms with Gasteiger partial charge in [0.25, 0.3) is 0 Å². The van der Waals surface area contributed by atoms with Gasteiger partial charge < -0.3 is 20.3 Å². The van der Waals surface area contributed by atoms with Gasteiger partial charge in [0, 0.05) is 12.5 Å². The molecule has 0 radical (unpaired) electrons. The fourth-order valence-corrected chi connectivity index (χ4v) is 1.87. The molecule has 1 heterocycles. The van der Waals surface area contributed by atoms with Crippen LogP contribution in [0.4, 0.5) is 4.39 Å². The molecule has 0 bridgehead atoms. The van der Waals surface area contributed by atoms with Crippen molar-refractivity contribution in [1.29, 1.82) is 0 Å². The van der Waals surface area contributed by atoms with E-state index in [0.717, 1.165) is 0 Å². The molecular formula is C12H14FNO4. The van der Waals surface area contributed by atoms with Crippen LogP contribution in [0.2, 0.25) is 0 Å². The van der Waals surface area contributed by atoms with Crippen LogP contribution in [-0.2, 0) is 4.79 Å². The van der Waals surface area contributed by atoms with Crippen LogP contribution in [0, 0.1) is 5.82 Å². The Hall–Kier alpha value is -1.82. The first-order valence-electron chi connectivity index (χ1n) is 5.65. The van der Waals surface area contributed by atoms with Gasteiger partial charge in [-0.15, -0.1) is 0 Å². The number of aliphatic carboxylic acids is 1. The third-order valence-electron chi connectivity index (χ3n) is 2.66. The van der Waals surface area contributed by atoms with E-state index in [2.05, 4.69) is 0 Å². The largest absolute Gasteiger partial charge is 0.490 e. The maximum absolute atomic E-state index is 13.8. The number of halogens is 1. The van der Waals surface area contributed by atoms with Gasteiger partial charge in [0.15, 0.2) is 11.5 Å². The van der Waals surface area contributed by atoms with Crippen LogP contribution in [0.15, 0.2) is 12.1 Å². The molecule has 1 aliphatic heterocycles. The molecule has 98 valence electrons. The number of nitrogens with two attached hydrogens (primary N) is 1. The quantitative estimate of drug-likeness (QED) is 0.854. The number of carboxylic acids is 1. The average Bonchev–Trinajstić information content (AvgIpc) is 2.52. The zero-order valence-corrected chi connectivity index (χ0v) is 9.69. The van der Waals surface area contributed by atoms with Gasteiger partial charge in [-0.3, -0.25) is 4.79 Å². The Kier molecular flexibility index (Phi) is 3.66. The number of rotatable bonds is 3. The van der Waals surface area contributed by atoms with Crippen LogP contribution in [0.1, 0.15) is 24.4 Å². The zero-order valence-electron chi connectivity index (χ0n) is 9.69. The molecule has 1 aromatic carbocycles. The molecule has 6 heteroatoms. The van der Waals surface area contributed by atoms with Crippen molar-refractivity contribution in [2.24, 2.45) is 5.73 Å². The van der Waals surface area contributed by atoms with Crippen LogP contribution >= 0.6 is 0 Å². The van der Waals surface area contributed by atoms with Gasteiger partial charge in [-0.05, 0) is 12.1 Å². The van der Waals surface area contributed by atoms with Crippen molar-refractivity contribution in [3.63, 3.8) is 0 Å². The number of ether oxygens (including phenoxy) is 2. The van der Waals surface area contributed by atoms with Gasteiger partial charge in [0.05, 0.1) is 25.2 Å². The first kappa shape index (κ1) is 12.6. The molecule has 0 aromatic heterocycles. The smallest absolute Gasteiger partial charge is 0.305 e. The lowest BCUT2D eigenvalue weighted by atomic mass is 10.0. The molecule has 2 rings (SSSR count). The Balaban J connectivity index is 2.41. The predicted molar refractivity (Wildman–Crippen MR) is 61.2 cm³/mol. The summed E-state index contributed by atoms with van der Waals surface area (Å²) in [6.45, 7) is 0.871. The second-order valence-corrected chi connectivity index (χ2v) is 4.04. The maximum atomic E-state index is 13.8. The zero-order chi connectivity index (χ0) is 13.1. The summed E-state index contributed by atoms with van der Waals surface area (Å²) in [6, 6.07) is 1.72. The highest BCUT2D eigenvalue weighted by molar-refractivity contribution is 5.68. The molecule has 0 spiro atoms. The van der Waals surface area contributed by atoms with E-state index in [9.17, 15) is 9.18 Å². The van der Waals surface area contributed by atoms with E-state index in [1.165, 1.54) is 12.1 Å². The molecule has 0 amide bonds. The van der Waals surface area contributed by atoms with Crippen LogP contribution in [0.3, 0.4) is 0 Å². The summed E-state index contributed by atoms with van der Waals surface area (Å²) >= 11 is 0. The summed E-state index contributed by atoms with van der Waals surface area (Å²) in [5, 5.41) is 8.72. The molecule has 0 saturated carbocycles. The Morgan fingerprint density at radius 3 is 2.89 bits per heavy atom. The normalized spacial score (nSPS) is 15.9. The topological polar surface area (TPSA) is 81.8 Å². The van der Waals surface area contributed by atoms with Gasteiger partial charge in [0.2, 0.25) is 0 Å². The second kappa shape index (κ2) is 5.22. The van der Waals surface area contributed by atoms with E-state index in [1.807, 2.05) is 0 Å². The predicted octanol–water partition coefficient (Wildman–Crippen LogP) is 1.46. The highest BCUT2D eigenvalue weighted by atomic mass is 19.1. The summed E-state index contributed by atoms with van der Waals surface area (Å²) in [6.07, 6.45) is 0.320. The third-order valence-corrected chi connectivity index (χ3v) is 2.66. The molecule has 0 fully saturated rings. The SMILES string of the molecule is NC(CC(=O)O)c1c(F)ccc2c1OCCCO2. The lowest BCUT2D eigenvalue weighted by Crippen LogP contribution is -2.18. The summed E-state index contributed by atoms with van der Waals surface area (Å²) < 4.78 is 24.6. The first-order chi connectivity index (χ1) is 8.59. The Labute approximate surface area is 103 Å². The number of carboxylic acid groups (broad SMARTS) is 1. The van der Waals surface area contributed by atoms with Crippen molar-refractivity contribution >= 4 is 5.97 Å². The lowest BCUT2D eigenvalue weighted by Gasteiger charge is -2.17. The molecular weight excluding hydrogens is 241 g/mol. The van der Waals surface area contributed by atoms with Crippen LogP contribution in [0.25, 0.3) is 0 Å². The maximum Gasteiger partial charge on any atom is 0.305 e. The van der Waals surface area contributed by atoms with Gasteiger partial charge in [-0.2, -0.15) is 0 Å². The van der Waals surface area contributed by atoms with Gasteiger partial charge in [-0.25, -0.2) is 4.39 Å². The van der Waals surface area contributed by atoms with Crippen molar-refractivity contribution in [3.05, 3.63) is 23.5 Å². The van der Waals surface area contributed by atoms with Crippen LogP contribution in [-0.4, -0.2) is 24.3 Å². The molecule has 0 saturated heterocycles. The number of hydrogen-bond donors (Lipinski definition) is 2. The van der Waals surface area contributed by atoms with Crippen molar-refractivity contribution in [3.8, 4) is 11.5 Å². The summed E-state index contributed by atoms with van der Waals surface area (Å²) in [7, 11) is 0. The highest BCUT2D eigenvalue weighted by Gasteiger charge is 2.24. The monoisotopic (exact) mass is 255 g/mol. The van der Waals surface area contributed by atoms with Gasteiger partial charge in [-0.1, -0.05) is 0 Å². The molecule has 1 aromatic rings. The highest BCUT2D eigenvalue weighted by Crippen LogP contribution is 2.38. The standard InChI is InChI=1S/C12H14FNO4/c13-7-2-3-9-12(18-5-1-4-17-9)11(7)8(14)6-10(15)16/h2-3,8H,1,4-6,14H2,(H,15,16). The van der Waals surface area contributed by atoms with Crippen LogP contribution < -0.4 is 15.2 Å². The van der Waals surface area contributed by atoms with Crippen molar-refractivity contribution in [1.82, 2.24) is 0 Å². The van der Waals surface area contributed by atoms with Gasteiger partial charge in [0.1, 0.15) is 5.82 Å². The minimum atomic E-state index is -1.09. The molecule has 0 aliphatic carbocycles. The lowest BCUT2D eigenvalue weighted by molar-refractivity contribution is -0.137. The average molecular weight is 255 g/mol. The van der Waals surface area contributed by atoms with Gasteiger partial charge >= 0.3 is 5.97 Å². The van der Waals surface area contributed by atoms with E-state index in [1.54, 1.807) is 0 Å². The molecule has 3 N–H and O–H groups in total. The van der Waals surface area contributed by atoms with Crippen molar-refractivity contribution < 1.29 is 23.8 Å². The molecule has 1 aliphatic rings. The third kappa shape index (κ3) is 2.53. The molecule has 1 unspecified atom stereocenters. The van der Waals surface area contributed by atoms with E-state index in [0.29, 0.717) is 25.4 Å². The Bertz CT molecular complexity index is 464. The molecule has 18 heavy (non-hydrogen) atoms. The Morgan fingerprint density at radius 2 is 2.17 bits per heavy atom. The molecule has 1 atom stereocenters. The second-order valence-electron chi connectivity index (χ2n) is 4.04. The fourth-order valence-electron chi connectivity index (χ4n) is 1.87. The number of hydrogen-bond acceptors (Lipinski definition) is 4. The van der Waals surface area contributed by atoms with Crippen molar-refractivity contribution in [2.75, 3.05) is 13.2 Å². The fraction of sp³-hybridized carbons (Fsp3) is 0.417. The molecule has 5 nitrogen and oxygen atoms in total. The number of benzene rings is 1. The van der Waals surface area contributed by atoms with E-state index in [-0.39, 0.29) is 17.7 Å². The van der Waals surface area contributed by atoms with Crippen LogP contribution in [0.5, 0.6) is 11.5 Å².